The van der Waals surface area contributed by atoms with E-state index in [1.165, 1.54) is 22.0 Å². The number of fused-ring (bicyclic) bond motifs is 1. The van der Waals surface area contributed by atoms with Crippen molar-refractivity contribution in [2.75, 3.05) is 11.9 Å². The van der Waals surface area contributed by atoms with E-state index in [0.29, 0.717) is 16.1 Å². The van der Waals surface area contributed by atoms with Crippen molar-refractivity contribution in [3.05, 3.63) is 64.6 Å². The van der Waals surface area contributed by atoms with Crippen LogP contribution in [-0.2, 0) is 0 Å². The molecule has 24 heavy (non-hydrogen) atoms. The third-order valence-corrected chi connectivity index (χ3v) is 5.50. The van der Waals surface area contributed by atoms with Gasteiger partial charge in [-0.3, -0.25) is 0 Å². The van der Waals surface area contributed by atoms with Gasteiger partial charge in [-0.25, -0.2) is 0 Å². The Bertz CT molecular complexity index is 873. The zero-order valence-electron chi connectivity index (χ0n) is 14.2. The molecule has 124 valence electrons. The van der Waals surface area contributed by atoms with Crippen LogP contribution in [0.3, 0.4) is 0 Å². The first-order chi connectivity index (χ1) is 11.5. The van der Waals surface area contributed by atoms with Crippen molar-refractivity contribution in [2.24, 2.45) is 0 Å². The van der Waals surface area contributed by atoms with Crippen LogP contribution in [0.15, 0.2) is 54.6 Å². The maximum atomic E-state index is 6.22. The van der Waals surface area contributed by atoms with Gasteiger partial charge in [0.15, 0.2) is 0 Å². The van der Waals surface area contributed by atoms with Crippen LogP contribution in [0.4, 0.5) is 5.69 Å². The van der Waals surface area contributed by atoms with Crippen molar-refractivity contribution < 1.29 is 0 Å². The van der Waals surface area contributed by atoms with E-state index in [2.05, 4.69) is 62.2 Å². The van der Waals surface area contributed by atoms with Gasteiger partial charge in [0.1, 0.15) is 0 Å². The molecule has 0 bridgehead atoms. The van der Waals surface area contributed by atoms with Crippen LogP contribution in [0.2, 0.25) is 10.0 Å². The van der Waals surface area contributed by atoms with E-state index < -0.39 is 0 Å². The standard InChI is InChI=1S/C21H21Cl2N/c1-4-14(2)24(3)21-12-10-16(17-7-5-6-8-18(17)21)15-9-11-19(22)20(23)13-15/h5-14H,4H2,1-3H3. The zero-order chi connectivity index (χ0) is 17.3. The lowest BCUT2D eigenvalue weighted by molar-refractivity contribution is 0.665. The maximum absolute atomic E-state index is 6.22. The molecule has 3 rings (SSSR count). The topological polar surface area (TPSA) is 3.24 Å². The smallest absolute Gasteiger partial charge is 0.0598 e. The summed E-state index contributed by atoms with van der Waals surface area (Å²) < 4.78 is 0. The molecule has 1 atom stereocenters. The lowest BCUT2D eigenvalue weighted by Crippen LogP contribution is -2.28. The molecule has 0 spiro atoms. The molecule has 0 saturated carbocycles. The monoisotopic (exact) mass is 357 g/mol. The van der Waals surface area contributed by atoms with Crippen molar-refractivity contribution >= 4 is 39.7 Å². The highest BCUT2D eigenvalue weighted by molar-refractivity contribution is 6.42. The number of benzene rings is 3. The SMILES string of the molecule is CCC(C)N(C)c1ccc(-c2ccc(Cl)c(Cl)c2)c2ccccc12. The first kappa shape index (κ1) is 17.1. The average molecular weight is 358 g/mol. The van der Waals surface area contributed by atoms with Crippen molar-refractivity contribution in [3.8, 4) is 11.1 Å². The molecule has 1 nitrogen and oxygen atoms in total. The van der Waals surface area contributed by atoms with Gasteiger partial charge in [-0.05, 0) is 48.1 Å². The fraction of sp³-hybridized carbons (Fsp3) is 0.238. The molecule has 0 aliphatic heterocycles. The molecular formula is C21H21Cl2N. The molecule has 0 fully saturated rings. The van der Waals surface area contributed by atoms with Crippen molar-refractivity contribution in [1.29, 1.82) is 0 Å². The van der Waals surface area contributed by atoms with Crippen LogP contribution < -0.4 is 4.90 Å². The van der Waals surface area contributed by atoms with Crippen molar-refractivity contribution in [1.82, 2.24) is 0 Å². The molecule has 0 saturated heterocycles. The maximum Gasteiger partial charge on any atom is 0.0598 e. The number of halogens is 2. The Balaban J connectivity index is 2.20. The number of nitrogens with zero attached hydrogens (tertiary/aromatic N) is 1. The molecule has 1 unspecified atom stereocenters. The molecule has 3 aromatic carbocycles. The lowest BCUT2D eigenvalue weighted by atomic mass is 9.96. The van der Waals surface area contributed by atoms with E-state index in [-0.39, 0.29) is 0 Å². The fourth-order valence-corrected chi connectivity index (χ4v) is 3.32. The summed E-state index contributed by atoms with van der Waals surface area (Å²) in [5, 5.41) is 3.64. The predicted molar refractivity (Wildman–Crippen MR) is 108 cm³/mol. The molecule has 0 N–H and O–H groups in total. The summed E-state index contributed by atoms with van der Waals surface area (Å²) in [5.41, 5.74) is 3.51. The van der Waals surface area contributed by atoms with Gasteiger partial charge in [-0.1, -0.05) is 66.5 Å². The predicted octanol–water partition coefficient (Wildman–Crippen LogP) is 7.05. The highest BCUT2D eigenvalue weighted by atomic mass is 35.5. The molecule has 3 heteroatoms. The van der Waals surface area contributed by atoms with Crippen LogP contribution in [0.25, 0.3) is 21.9 Å². The second kappa shape index (κ2) is 7.04. The minimum atomic E-state index is 0.490. The summed E-state index contributed by atoms with van der Waals surface area (Å²) in [6.45, 7) is 4.47. The van der Waals surface area contributed by atoms with Gasteiger partial charge in [-0.2, -0.15) is 0 Å². The number of rotatable bonds is 4. The van der Waals surface area contributed by atoms with Crippen LogP contribution in [0, 0.1) is 0 Å². The fourth-order valence-electron chi connectivity index (χ4n) is 3.02. The van der Waals surface area contributed by atoms with Crippen LogP contribution >= 0.6 is 23.2 Å². The molecule has 3 aromatic rings. The number of anilines is 1. The van der Waals surface area contributed by atoms with Gasteiger partial charge in [-0.15, -0.1) is 0 Å². The van der Waals surface area contributed by atoms with E-state index in [9.17, 15) is 0 Å². The molecule has 0 aliphatic carbocycles. The summed E-state index contributed by atoms with van der Waals surface area (Å²) in [6, 6.07) is 19.2. The van der Waals surface area contributed by atoms with E-state index in [0.717, 1.165) is 12.0 Å². The van der Waals surface area contributed by atoms with Crippen LogP contribution in [0.1, 0.15) is 20.3 Å². The summed E-state index contributed by atoms with van der Waals surface area (Å²) in [6.07, 6.45) is 1.11. The first-order valence-electron chi connectivity index (χ1n) is 8.23. The van der Waals surface area contributed by atoms with E-state index >= 15 is 0 Å². The van der Waals surface area contributed by atoms with Gasteiger partial charge in [0.25, 0.3) is 0 Å². The van der Waals surface area contributed by atoms with E-state index in [1.54, 1.807) is 0 Å². The van der Waals surface area contributed by atoms with Gasteiger partial charge in [0.05, 0.1) is 10.0 Å². The molecule has 0 radical (unpaired) electrons. The molecule has 0 amide bonds. The Kier molecular flexibility index (Phi) is 5.03. The quantitative estimate of drug-likeness (QED) is 0.483. The zero-order valence-corrected chi connectivity index (χ0v) is 15.7. The minimum absolute atomic E-state index is 0.490. The Morgan fingerprint density at radius 2 is 1.62 bits per heavy atom. The molecule has 0 aliphatic rings. The second-order valence-corrected chi connectivity index (χ2v) is 6.99. The first-order valence-corrected chi connectivity index (χ1v) is 8.98. The van der Waals surface area contributed by atoms with Gasteiger partial charge < -0.3 is 4.90 Å². The lowest BCUT2D eigenvalue weighted by Gasteiger charge is -2.28. The largest absolute Gasteiger partial charge is 0.371 e. The Morgan fingerprint density at radius 1 is 0.917 bits per heavy atom. The molecular weight excluding hydrogens is 337 g/mol. The number of hydrogen-bond acceptors (Lipinski definition) is 1. The van der Waals surface area contributed by atoms with Crippen LogP contribution in [-0.4, -0.2) is 13.1 Å². The van der Waals surface area contributed by atoms with Crippen molar-refractivity contribution in [3.63, 3.8) is 0 Å². The minimum Gasteiger partial charge on any atom is -0.371 e. The molecule has 0 heterocycles. The average Bonchev–Trinajstić information content (AvgIpc) is 2.62. The van der Waals surface area contributed by atoms with E-state index in [1.807, 2.05) is 18.2 Å². The normalized spacial score (nSPS) is 12.4. The number of hydrogen-bond donors (Lipinski definition) is 0. The highest BCUT2D eigenvalue weighted by Crippen LogP contribution is 2.37. The summed E-state index contributed by atoms with van der Waals surface area (Å²) in [4.78, 5) is 2.35. The van der Waals surface area contributed by atoms with E-state index in [4.69, 9.17) is 23.2 Å². The molecule has 0 aromatic heterocycles. The second-order valence-electron chi connectivity index (χ2n) is 6.17. The third kappa shape index (κ3) is 3.11. The summed E-state index contributed by atoms with van der Waals surface area (Å²) in [5.74, 6) is 0. The Morgan fingerprint density at radius 3 is 2.29 bits per heavy atom. The Labute approximate surface area is 153 Å². The summed E-state index contributed by atoms with van der Waals surface area (Å²) in [7, 11) is 2.16. The highest BCUT2D eigenvalue weighted by Gasteiger charge is 2.14. The van der Waals surface area contributed by atoms with Crippen molar-refractivity contribution in [2.45, 2.75) is 26.3 Å². The van der Waals surface area contributed by atoms with Gasteiger partial charge in [0, 0.05) is 24.2 Å². The van der Waals surface area contributed by atoms with Crippen LogP contribution in [0.5, 0.6) is 0 Å². The van der Waals surface area contributed by atoms with Gasteiger partial charge >= 0.3 is 0 Å². The Hall–Kier alpha value is -1.70. The summed E-state index contributed by atoms with van der Waals surface area (Å²) >= 11 is 12.3. The third-order valence-electron chi connectivity index (χ3n) is 4.76. The van der Waals surface area contributed by atoms with Gasteiger partial charge in [0.2, 0.25) is 0 Å².